The number of hydrogen-bond acceptors (Lipinski definition) is 2. The number of hydrogen-bond donors (Lipinski definition) is 1. The second-order valence-corrected chi connectivity index (χ2v) is 5.88. The van der Waals surface area contributed by atoms with Crippen LogP contribution < -0.4 is 0 Å². The van der Waals surface area contributed by atoms with E-state index in [1.54, 1.807) is 0 Å². The highest BCUT2D eigenvalue weighted by molar-refractivity contribution is 5.71. The molecule has 1 N–H and O–H groups in total. The predicted molar refractivity (Wildman–Crippen MR) is 62.9 cm³/mol. The number of carbonyl (C=O) groups is 1. The van der Waals surface area contributed by atoms with Gasteiger partial charge in [-0.3, -0.25) is 4.79 Å². The van der Waals surface area contributed by atoms with Gasteiger partial charge in [0.1, 0.15) is 0 Å². The van der Waals surface area contributed by atoms with Gasteiger partial charge in [0.2, 0.25) is 0 Å². The molecule has 3 heteroatoms. The van der Waals surface area contributed by atoms with E-state index in [4.69, 9.17) is 0 Å². The van der Waals surface area contributed by atoms with E-state index in [1.807, 2.05) is 32.8 Å². The summed E-state index contributed by atoms with van der Waals surface area (Å²) < 4.78 is 0. The quantitative estimate of drug-likeness (QED) is 0.782. The zero-order chi connectivity index (χ0) is 12.4. The Morgan fingerprint density at radius 2 is 1.60 bits per heavy atom. The van der Waals surface area contributed by atoms with Crippen LogP contribution in [0.1, 0.15) is 34.6 Å². The topological polar surface area (TPSA) is 40.5 Å². The summed E-state index contributed by atoms with van der Waals surface area (Å²) in [5, 5.41) is 9.30. The van der Waals surface area contributed by atoms with Gasteiger partial charge in [-0.2, -0.15) is 0 Å². The van der Waals surface area contributed by atoms with Gasteiger partial charge in [-0.15, -0.1) is 0 Å². The van der Waals surface area contributed by atoms with Crippen molar-refractivity contribution in [3.05, 3.63) is 0 Å². The van der Waals surface area contributed by atoms with Gasteiger partial charge >= 0.3 is 5.97 Å². The summed E-state index contributed by atoms with van der Waals surface area (Å²) >= 11 is 0. The first-order valence-corrected chi connectivity index (χ1v) is 5.48. The van der Waals surface area contributed by atoms with E-state index in [9.17, 15) is 9.90 Å². The van der Waals surface area contributed by atoms with E-state index < -0.39 is 5.97 Å². The fourth-order valence-corrected chi connectivity index (χ4v) is 2.42. The van der Waals surface area contributed by atoms with Gasteiger partial charge in [-0.25, -0.2) is 0 Å². The number of carboxylic acids is 1. The van der Waals surface area contributed by atoms with Gasteiger partial charge in [0, 0.05) is 6.04 Å². The molecule has 0 bridgehead atoms. The Labute approximate surface area is 93.5 Å². The van der Waals surface area contributed by atoms with Gasteiger partial charge in [-0.1, -0.05) is 34.6 Å². The minimum atomic E-state index is -0.696. The molecule has 0 saturated carbocycles. The summed E-state index contributed by atoms with van der Waals surface area (Å²) in [5.74, 6) is -0.868. The normalized spacial score (nSPS) is 16.9. The number of carboxylic acid groups (broad SMARTS) is 1. The fraction of sp³-hybridized carbons (Fsp3) is 0.917. The second-order valence-electron chi connectivity index (χ2n) is 5.88. The highest BCUT2D eigenvalue weighted by Crippen LogP contribution is 2.32. The third-order valence-corrected chi connectivity index (χ3v) is 2.79. The average molecular weight is 215 g/mol. The van der Waals surface area contributed by atoms with Crippen molar-refractivity contribution in [2.24, 2.45) is 17.3 Å². The zero-order valence-electron chi connectivity index (χ0n) is 11.0. The molecule has 0 rings (SSSR count). The van der Waals surface area contributed by atoms with E-state index >= 15 is 0 Å². The third kappa shape index (κ3) is 3.82. The van der Waals surface area contributed by atoms with Crippen LogP contribution in [-0.4, -0.2) is 36.1 Å². The lowest BCUT2D eigenvalue weighted by atomic mass is 9.74. The van der Waals surface area contributed by atoms with Crippen LogP contribution in [0.3, 0.4) is 0 Å². The maximum atomic E-state index is 11.3. The van der Waals surface area contributed by atoms with Crippen LogP contribution >= 0.6 is 0 Å². The van der Waals surface area contributed by atoms with Crippen LogP contribution in [0.5, 0.6) is 0 Å². The molecule has 0 spiro atoms. The lowest BCUT2D eigenvalue weighted by molar-refractivity contribution is -0.148. The van der Waals surface area contributed by atoms with Crippen molar-refractivity contribution in [1.82, 2.24) is 4.90 Å². The minimum Gasteiger partial charge on any atom is -0.481 e. The molecule has 0 aliphatic rings. The Bertz CT molecular complexity index is 216. The summed E-state index contributed by atoms with van der Waals surface area (Å²) in [4.78, 5) is 13.3. The van der Waals surface area contributed by atoms with E-state index in [1.165, 1.54) is 0 Å². The Hall–Kier alpha value is -0.570. The standard InChI is InChI=1S/C12H25NO2/c1-8(2)9(11(14)15)10(13(6)7)12(3,4)5/h8-10H,1-7H3,(H,14,15). The molecule has 3 nitrogen and oxygen atoms in total. The van der Waals surface area contributed by atoms with Crippen molar-refractivity contribution < 1.29 is 9.90 Å². The Morgan fingerprint density at radius 3 is 1.67 bits per heavy atom. The van der Waals surface area contributed by atoms with Crippen LogP contribution in [-0.2, 0) is 4.79 Å². The molecule has 0 aliphatic carbocycles. The summed E-state index contributed by atoms with van der Waals surface area (Å²) in [7, 11) is 3.91. The van der Waals surface area contributed by atoms with E-state index in [2.05, 4.69) is 20.8 Å². The van der Waals surface area contributed by atoms with Crippen LogP contribution in [0.25, 0.3) is 0 Å². The maximum Gasteiger partial charge on any atom is 0.308 e. The zero-order valence-corrected chi connectivity index (χ0v) is 11.0. The van der Waals surface area contributed by atoms with Crippen LogP contribution in [0.4, 0.5) is 0 Å². The highest BCUT2D eigenvalue weighted by atomic mass is 16.4. The second kappa shape index (κ2) is 4.97. The van der Waals surface area contributed by atoms with Gasteiger partial charge in [0.15, 0.2) is 0 Å². The van der Waals surface area contributed by atoms with Crippen molar-refractivity contribution in [2.45, 2.75) is 40.7 Å². The van der Waals surface area contributed by atoms with Gasteiger partial charge in [0.25, 0.3) is 0 Å². The molecular weight excluding hydrogens is 190 g/mol. The van der Waals surface area contributed by atoms with Crippen LogP contribution in [0.2, 0.25) is 0 Å². The fourth-order valence-electron chi connectivity index (χ4n) is 2.42. The monoisotopic (exact) mass is 215 g/mol. The molecule has 0 aliphatic heterocycles. The van der Waals surface area contributed by atoms with Crippen molar-refractivity contribution in [2.75, 3.05) is 14.1 Å². The minimum absolute atomic E-state index is 0.0309. The first kappa shape index (κ1) is 14.4. The van der Waals surface area contributed by atoms with E-state index in [0.29, 0.717) is 0 Å². The maximum absolute atomic E-state index is 11.3. The first-order valence-electron chi connectivity index (χ1n) is 5.48. The molecule has 90 valence electrons. The molecule has 15 heavy (non-hydrogen) atoms. The first-order chi connectivity index (χ1) is 6.59. The summed E-state index contributed by atoms with van der Waals surface area (Å²) in [5.41, 5.74) is -0.0309. The Balaban J connectivity index is 5.12. The van der Waals surface area contributed by atoms with E-state index in [0.717, 1.165) is 0 Å². The molecule has 0 heterocycles. The molecule has 0 aromatic rings. The van der Waals surface area contributed by atoms with Crippen molar-refractivity contribution in [3.8, 4) is 0 Å². The molecule has 0 radical (unpaired) electrons. The number of aliphatic carboxylic acids is 1. The molecule has 2 atom stereocenters. The van der Waals surface area contributed by atoms with Gasteiger partial charge < -0.3 is 10.0 Å². The third-order valence-electron chi connectivity index (χ3n) is 2.79. The van der Waals surface area contributed by atoms with Crippen LogP contribution in [0.15, 0.2) is 0 Å². The molecule has 0 amide bonds. The Kier molecular flexibility index (Phi) is 4.78. The number of rotatable bonds is 4. The average Bonchev–Trinajstić information content (AvgIpc) is 1.94. The smallest absolute Gasteiger partial charge is 0.308 e. The molecule has 0 fully saturated rings. The van der Waals surface area contributed by atoms with Gasteiger partial charge in [0.05, 0.1) is 5.92 Å². The Morgan fingerprint density at radius 1 is 1.20 bits per heavy atom. The largest absolute Gasteiger partial charge is 0.481 e. The molecule has 0 saturated heterocycles. The SMILES string of the molecule is CC(C)C(C(=O)O)C(N(C)C)C(C)(C)C. The summed E-state index contributed by atoms with van der Waals surface area (Å²) in [6, 6.07) is 0.0509. The van der Waals surface area contributed by atoms with Crippen molar-refractivity contribution in [3.63, 3.8) is 0 Å². The van der Waals surface area contributed by atoms with E-state index in [-0.39, 0.29) is 23.3 Å². The highest BCUT2D eigenvalue weighted by Gasteiger charge is 2.39. The summed E-state index contributed by atoms with van der Waals surface area (Å²) in [6.45, 7) is 10.2. The molecule has 2 unspecified atom stereocenters. The summed E-state index contributed by atoms with van der Waals surface area (Å²) in [6.07, 6.45) is 0. The predicted octanol–water partition coefficient (Wildman–Crippen LogP) is 2.32. The lowest BCUT2D eigenvalue weighted by Gasteiger charge is -2.41. The van der Waals surface area contributed by atoms with Gasteiger partial charge in [-0.05, 0) is 25.4 Å². The molecular formula is C12H25NO2. The van der Waals surface area contributed by atoms with Crippen molar-refractivity contribution >= 4 is 5.97 Å². The van der Waals surface area contributed by atoms with Crippen LogP contribution in [0, 0.1) is 17.3 Å². The molecule has 0 aromatic carbocycles. The lowest BCUT2D eigenvalue weighted by Crippen LogP contribution is -2.49. The van der Waals surface area contributed by atoms with Crippen molar-refractivity contribution in [1.29, 1.82) is 0 Å². The number of nitrogens with zero attached hydrogens (tertiary/aromatic N) is 1. The molecule has 0 aromatic heterocycles.